The third kappa shape index (κ3) is 6.22. The number of benzene rings is 2. The molecule has 0 aliphatic carbocycles. The molecule has 4 rings (SSSR count). The van der Waals surface area contributed by atoms with Gasteiger partial charge in [-0.3, -0.25) is 19.4 Å². The first-order chi connectivity index (χ1) is 17.5. The third-order valence-electron chi connectivity index (χ3n) is 5.60. The van der Waals surface area contributed by atoms with Crippen molar-refractivity contribution >= 4 is 29.1 Å². The summed E-state index contributed by atoms with van der Waals surface area (Å²) in [5.74, 6) is -1.54. The lowest BCUT2D eigenvalue weighted by molar-refractivity contribution is -0.137. The van der Waals surface area contributed by atoms with Gasteiger partial charge in [0.2, 0.25) is 0 Å². The molecule has 182 valence electrons. The van der Waals surface area contributed by atoms with Gasteiger partial charge in [-0.05, 0) is 46.3 Å². The van der Waals surface area contributed by atoms with Crippen LogP contribution < -0.4 is 5.32 Å². The highest BCUT2D eigenvalue weighted by molar-refractivity contribution is 7.09. The van der Waals surface area contributed by atoms with E-state index < -0.39 is 5.97 Å². The van der Waals surface area contributed by atoms with Crippen LogP contribution in [0.4, 0.5) is 0 Å². The van der Waals surface area contributed by atoms with Crippen molar-refractivity contribution in [2.75, 3.05) is 6.54 Å². The maximum Gasteiger partial charge on any atom is 0.305 e. The Kier molecular flexibility index (Phi) is 8.20. The molecule has 0 aliphatic heterocycles. The molecule has 2 amide bonds. The number of nitrogens with one attached hydrogen (secondary N) is 1. The monoisotopic (exact) mass is 499 g/mol. The lowest BCUT2D eigenvalue weighted by Crippen LogP contribution is -2.33. The summed E-state index contributed by atoms with van der Waals surface area (Å²) >= 11 is 1.57. The molecule has 0 saturated carbocycles. The SMILES string of the molecule is O=C(O)CCN(Cc1cccnc1)C(=O)c1ccccc1-c1ccccc1C(=O)NCc1cccs1. The van der Waals surface area contributed by atoms with Crippen LogP contribution in [-0.4, -0.2) is 39.3 Å². The Morgan fingerprint density at radius 2 is 1.61 bits per heavy atom. The van der Waals surface area contributed by atoms with Gasteiger partial charge in [0.1, 0.15) is 0 Å². The summed E-state index contributed by atoms with van der Waals surface area (Å²) in [5, 5.41) is 14.1. The second-order valence-electron chi connectivity index (χ2n) is 8.08. The zero-order valence-corrected chi connectivity index (χ0v) is 20.3. The highest BCUT2D eigenvalue weighted by Crippen LogP contribution is 2.29. The van der Waals surface area contributed by atoms with Crippen molar-refractivity contribution in [1.29, 1.82) is 0 Å². The van der Waals surface area contributed by atoms with Crippen LogP contribution in [0.1, 0.15) is 37.6 Å². The van der Waals surface area contributed by atoms with Gasteiger partial charge < -0.3 is 15.3 Å². The second kappa shape index (κ2) is 11.9. The van der Waals surface area contributed by atoms with Gasteiger partial charge in [0.15, 0.2) is 0 Å². The predicted molar refractivity (Wildman–Crippen MR) is 139 cm³/mol. The van der Waals surface area contributed by atoms with E-state index in [1.807, 2.05) is 41.8 Å². The van der Waals surface area contributed by atoms with Gasteiger partial charge in [-0.2, -0.15) is 0 Å². The molecular weight excluding hydrogens is 474 g/mol. The van der Waals surface area contributed by atoms with Crippen molar-refractivity contribution in [3.63, 3.8) is 0 Å². The van der Waals surface area contributed by atoms with Gasteiger partial charge in [-0.1, -0.05) is 48.5 Å². The maximum atomic E-state index is 13.7. The van der Waals surface area contributed by atoms with Crippen LogP contribution in [0.15, 0.2) is 90.6 Å². The van der Waals surface area contributed by atoms with Crippen molar-refractivity contribution in [3.05, 3.63) is 112 Å². The highest BCUT2D eigenvalue weighted by atomic mass is 32.1. The molecule has 2 aromatic heterocycles. The van der Waals surface area contributed by atoms with Crippen molar-refractivity contribution < 1.29 is 19.5 Å². The van der Waals surface area contributed by atoms with Gasteiger partial charge in [0.25, 0.3) is 11.8 Å². The van der Waals surface area contributed by atoms with Gasteiger partial charge >= 0.3 is 5.97 Å². The molecular formula is C28H25N3O4S. The fourth-order valence-electron chi connectivity index (χ4n) is 3.86. The van der Waals surface area contributed by atoms with Crippen LogP contribution >= 0.6 is 11.3 Å². The molecule has 0 aliphatic rings. The molecule has 2 heterocycles. The number of thiophene rings is 1. The largest absolute Gasteiger partial charge is 0.481 e. The minimum absolute atomic E-state index is 0.0420. The molecule has 0 bridgehead atoms. The second-order valence-corrected chi connectivity index (χ2v) is 9.12. The Hall–Kier alpha value is -4.30. The number of carboxylic acids is 1. The number of rotatable bonds is 10. The van der Waals surface area contributed by atoms with Crippen LogP contribution in [0.2, 0.25) is 0 Å². The lowest BCUT2D eigenvalue weighted by Gasteiger charge is -2.24. The topological polar surface area (TPSA) is 99.6 Å². The van der Waals surface area contributed by atoms with E-state index in [1.165, 1.54) is 4.90 Å². The Labute approximate surface area is 213 Å². The third-order valence-corrected chi connectivity index (χ3v) is 6.48. The smallest absolute Gasteiger partial charge is 0.305 e. The Balaban J connectivity index is 1.65. The van der Waals surface area contributed by atoms with Gasteiger partial charge in [-0.15, -0.1) is 11.3 Å². The maximum absolute atomic E-state index is 13.7. The lowest BCUT2D eigenvalue weighted by atomic mass is 9.94. The van der Waals surface area contributed by atoms with E-state index in [0.29, 0.717) is 28.8 Å². The Bertz CT molecular complexity index is 1340. The van der Waals surface area contributed by atoms with Crippen LogP contribution in [-0.2, 0) is 17.9 Å². The molecule has 2 aromatic carbocycles. The Morgan fingerprint density at radius 3 is 2.28 bits per heavy atom. The summed E-state index contributed by atoms with van der Waals surface area (Å²) in [7, 11) is 0. The van der Waals surface area contributed by atoms with E-state index in [4.69, 9.17) is 0 Å². The predicted octanol–water partition coefficient (Wildman–Crippen LogP) is 4.86. The van der Waals surface area contributed by atoms with Gasteiger partial charge in [0.05, 0.1) is 13.0 Å². The van der Waals surface area contributed by atoms with E-state index in [1.54, 1.807) is 60.1 Å². The normalized spacial score (nSPS) is 10.6. The standard InChI is InChI=1S/C28H25N3O4S/c32-26(33)13-15-31(19-20-7-5-14-29-17-20)28(35)25-12-4-2-10-23(25)22-9-1-3-11-24(22)27(34)30-18-21-8-6-16-36-21/h1-12,14,16-17H,13,15,18-19H2,(H,30,34)(H,32,33). The zero-order chi connectivity index (χ0) is 25.3. The fraction of sp³-hybridized carbons (Fsp3) is 0.143. The average Bonchev–Trinajstić information content (AvgIpc) is 3.43. The van der Waals surface area contributed by atoms with E-state index in [2.05, 4.69) is 10.3 Å². The van der Waals surface area contributed by atoms with Crippen LogP contribution in [0.25, 0.3) is 11.1 Å². The molecule has 36 heavy (non-hydrogen) atoms. The number of carbonyl (C=O) groups excluding carboxylic acids is 2. The molecule has 0 fully saturated rings. The minimum atomic E-state index is -0.986. The number of pyridine rings is 1. The van der Waals surface area contributed by atoms with Crippen LogP contribution in [0, 0.1) is 0 Å². The van der Waals surface area contributed by atoms with Crippen LogP contribution in [0.5, 0.6) is 0 Å². The number of amides is 2. The summed E-state index contributed by atoms with van der Waals surface area (Å²) < 4.78 is 0. The molecule has 0 radical (unpaired) electrons. The number of aliphatic carboxylic acids is 1. The number of hydrogen-bond acceptors (Lipinski definition) is 5. The van der Waals surface area contributed by atoms with E-state index >= 15 is 0 Å². The van der Waals surface area contributed by atoms with Gasteiger partial charge in [-0.25, -0.2) is 0 Å². The van der Waals surface area contributed by atoms with Crippen LogP contribution in [0.3, 0.4) is 0 Å². The van der Waals surface area contributed by atoms with E-state index in [9.17, 15) is 19.5 Å². The molecule has 0 atom stereocenters. The Morgan fingerprint density at radius 1 is 0.889 bits per heavy atom. The minimum Gasteiger partial charge on any atom is -0.481 e. The number of carbonyl (C=O) groups is 3. The summed E-state index contributed by atoms with van der Waals surface area (Å²) in [5.41, 5.74) is 2.88. The summed E-state index contributed by atoms with van der Waals surface area (Å²) in [4.78, 5) is 44.7. The molecule has 8 heteroatoms. The first-order valence-corrected chi connectivity index (χ1v) is 12.3. The summed E-state index contributed by atoms with van der Waals surface area (Å²) in [6, 6.07) is 21.7. The molecule has 7 nitrogen and oxygen atoms in total. The zero-order valence-electron chi connectivity index (χ0n) is 19.5. The molecule has 0 unspecified atom stereocenters. The number of nitrogens with zero attached hydrogens (tertiary/aromatic N) is 2. The van der Waals surface area contributed by atoms with Crippen molar-refractivity contribution in [2.45, 2.75) is 19.5 Å². The van der Waals surface area contributed by atoms with Gasteiger partial charge in [0, 0.05) is 41.5 Å². The first-order valence-electron chi connectivity index (χ1n) is 11.4. The fourth-order valence-corrected chi connectivity index (χ4v) is 4.51. The molecule has 0 spiro atoms. The highest BCUT2D eigenvalue weighted by Gasteiger charge is 2.23. The number of carboxylic acid groups (broad SMARTS) is 1. The van der Waals surface area contributed by atoms with Crippen molar-refractivity contribution in [2.24, 2.45) is 0 Å². The van der Waals surface area contributed by atoms with Crippen molar-refractivity contribution in [3.8, 4) is 11.1 Å². The van der Waals surface area contributed by atoms with E-state index in [-0.39, 0.29) is 31.3 Å². The summed E-state index contributed by atoms with van der Waals surface area (Å²) in [6.07, 6.45) is 3.11. The molecule has 0 saturated heterocycles. The first kappa shape index (κ1) is 24.8. The quantitative estimate of drug-likeness (QED) is 0.325. The molecule has 4 aromatic rings. The van der Waals surface area contributed by atoms with Crippen molar-refractivity contribution in [1.82, 2.24) is 15.2 Å². The van der Waals surface area contributed by atoms with E-state index in [0.717, 1.165) is 10.4 Å². The number of aromatic nitrogens is 1. The number of hydrogen-bond donors (Lipinski definition) is 2. The summed E-state index contributed by atoms with van der Waals surface area (Å²) in [6.45, 7) is 0.678. The molecule has 2 N–H and O–H groups in total. The average molecular weight is 500 g/mol.